The SMILES string of the molecule is CC(=O)Nc1ccc(-c2cn(CCC#N)cn2)cc1. The molecule has 0 atom stereocenters. The van der Waals surface area contributed by atoms with Crippen LogP contribution >= 0.6 is 0 Å². The summed E-state index contributed by atoms with van der Waals surface area (Å²) in [6.45, 7) is 2.12. The number of imidazole rings is 1. The Morgan fingerprint density at radius 2 is 2.16 bits per heavy atom. The first kappa shape index (κ1) is 12.8. The molecule has 1 aromatic heterocycles. The quantitative estimate of drug-likeness (QED) is 0.910. The molecule has 1 amide bonds. The molecule has 0 fully saturated rings. The zero-order valence-corrected chi connectivity index (χ0v) is 10.6. The van der Waals surface area contributed by atoms with Gasteiger partial charge in [-0.2, -0.15) is 5.26 Å². The zero-order chi connectivity index (χ0) is 13.7. The van der Waals surface area contributed by atoms with Crippen molar-refractivity contribution in [1.29, 1.82) is 5.26 Å². The maximum absolute atomic E-state index is 10.9. The number of aromatic nitrogens is 2. The number of benzene rings is 1. The van der Waals surface area contributed by atoms with Crippen LogP contribution in [0.25, 0.3) is 11.3 Å². The number of anilines is 1. The molecule has 5 heteroatoms. The Balaban J connectivity index is 2.11. The van der Waals surface area contributed by atoms with Gasteiger partial charge in [0.1, 0.15) is 0 Å². The van der Waals surface area contributed by atoms with Crippen molar-refractivity contribution in [3.8, 4) is 17.3 Å². The normalized spacial score (nSPS) is 9.89. The van der Waals surface area contributed by atoms with Gasteiger partial charge in [0.2, 0.25) is 5.91 Å². The van der Waals surface area contributed by atoms with Gasteiger partial charge in [0.25, 0.3) is 0 Å². The molecule has 1 heterocycles. The van der Waals surface area contributed by atoms with E-state index in [2.05, 4.69) is 16.4 Å². The predicted molar refractivity (Wildman–Crippen MR) is 72.2 cm³/mol. The van der Waals surface area contributed by atoms with Gasteiger partial charge >= 0.3 is 0 Å². The van der Waals surface area contributed by atoms with Crippen molar-refractivity contribution < 1.29 is 4.79 Å². The van der Waals surface area contributed by atoms with Crippen LogP contribution in [0.5, 0.6) is 0 Å². The fourth-order valence-corrected chi connectivity index (χ4v) is 1.74. The Hall–Kier alpha value is -2.61. The molecule has 0 saturated heterocycles. The summed E-state index contributed by atoms with van der Waals surface area (Å²) in [7, 11) is 0. The van der Waals surface area contributed by atoms with Crippen molar-refractivity contribution in [2.75, 3.05) is 5.32 Å². The van der Waals surface area contributed by atoms with Gasteiger partial charge in [0.05, 0.1) is 24.5 Å². The molecule has 96 valence electrons. The minimum absolute atomic E-state index is 0.0893. The minimum Gasteiger partial charge on any atom is -0.336 e. The van der Waals surface area contributed by atoms with Gasteiger partial charge in [-0.05, 0) is 12.1 Å². The summed E-state index contributed by atoms with van der Waals surface area (Å²) in [5.41, 5.74) is 2.59. The fraction of sp³-hybridized carbons (Fsp3) is 0.214. The smallest absolute Gasteiger partial charge is 0.221 e. The van der Waals surface area contributed by atoms with Crippen LogP contribution in [0.1, 0.15) is 13.3 Å². The number of hydrogen-bond acceptors (Lipinski definition) is 3. The predicted octanol–water partition coefficient (Wildman–Crippen LogP) is 2.42. The van der Waals surface area contributed by atoms with Crippen molar-refractivity contribution >= 4 is 11.6 Å². The van der Waals surface area contributed by atoms with Crippen LogP contribution in [0.3, 0.4) is 0 Å². The number of rotatable bonds is 4. The van der Waals surface area contributed by atoms with Crippen LogP contribution in [0.4, 0.5) is 5.69 Å². The second-order valence-electron chi connectivity index (χ2n) is 4.16. The lowest BCUT2D eigenvalue weighted by Crippen LogP contribution is -2.05. The third-order valence-electron chi connectivity index (χ3n) is 2.62. The Bertz CT molecular complexity index is 607. The van der Waals surface area contributed by atoms with Gasteiger partial charge in [-0.15, -0.1) is 0 Å². The van der Waals surface area contributed by atoms with E-state index in [-0.39, 0.29) is 5.91 Å². The third-order valence-corrected chi connectivity index (χ3v) is 2.62. The second kappa shape index (κ2) is 5.83. The maximum atomic E-state index is 10.9. The van der Waals surface area contributed by atoms with Crippen molar-refractivity contribution in [2.24, 2.45) is 0 Å². The Labute approximate surface area is 111 Å². The lowest BCUT2D eigenvalue weighted by molar-refractivity contribution is -0.114. The van der Waals surface area contributed by atoms with Gasteiger partial charge in [-0.3, -0.25) is 4.79 Å². The molecule has 19 heavy (non-hydrogen) atoms. The maximum Gasteiger partial charge on any atom is 0.221 e. The molecule has 1 N–H and O–H groups in total. The van der Waals surface area contributed by atoms with Crippen molar-refractivity contribution in [3.05, 3.63) is 36.8 Å². The van der Waals surface area contributed by atoms with E-state index in [1.54, 1.807) is 6.33 Å². The van der Waals surface area contributed by atoms with Crippen LogP contribution in [0.2, 0.25) is 0 Å². The van der Waals surface area contributed by atoms with Crippen LogP contribution < -0.4 is 5.32 Å². The van der Waals surface area contributed by atoms with Gasteiger partial charge in [0.15, 0.2) is 0 Å². The molecule has 5 nitrogen and oxygen atoms in total. The molecule has 0 saturated carbocycles. The Morgan fingerprint density at radius 1 is 1.42 bits per heavy atom. The number of amides is 1. The Morgan fingerprint density at radius 3 is 2.79 bits per heavy atom. The van der Waals surface area contributed by atoms with Crippen LogP contribution in [0, 0.1) is 11.3 Å². The van der Waals surface area contributed by atoms with Gasteiger partial charge in [-0.1, -0.05) is 12.1 Å². The third kappa shape index (κ3) is 3.42. The van der Waals surface area contributed by atoms with E-state index in [1.165, 1.54) is 6.92 Å². The molecule has 0 bridgehead atoms. The standard InChI is InChI=1S/C14H14N4O/c1-11(19)17-13-5-3-12(4-6-13)14-9-18(10-16-14)8-2-7-15/h3-6,9-10H,2,8H2,1H3,(H,17,19). The zero-order valence-electron chi connectivity index (χ0n) is 10.6. The molecule has 0 aliphatic rings. The van der Waals surface area contributed by atoms with Crippen LogP contribution in [0.15, 0.2) is 36.8 Å². The van der Waals surface area contributed by atoms with E-state index in [4.69, 9.17) is 5.26 Å². The first-order valence-corrected chi connectivity index (χ1v) is 5.96. The molecule has 0 unspecified atom stereocenters. The number of nitrogens with one attached hydrogen (secondary N) is 1. The highest BCUT2D eigenvalue weighted by atomic mass is 16.1. The van der Waals surface area contributed by atoms with Gasteiger partial charge in [-0.25, -0.2) is 4.98 Å². The van der Waals surface area contributed by atoms with E-state index in [1.807, 2.05) is 35.0 Å². The minimum atomic E-state index is -0.0893. The van der Waals surface area contributed by atoms with Gasteiger partial charge in [0, 0.05) is 30.9 Å². The summed E-state index contributed by atoms with van der Waals surface area (Å²) in [6.07, 6.45) is 4.09. The fourth-order valence-electron chi connectivity index (χ4n) is 1.74. The highest BCUT2D eigenvalue weighted by Crippen LogP contribution is 2.19. The second-order valence-corrected chi connectivity index (χ2v) is 4.16. The average Bonchev–Trinajstić information content (AvgIpc) is 2.85. The topological polar surface area (TPSA) is 70.7 Å². The molecule has 0 spiro atoms. The highest BCUT2D eigenvalue weighted by Gasteiger charge is 2.03. The highest BCUT2D eigenvalue weighted by molar-refractivity contribution is 5.88. The molecule has 0 aliphatic carbocycles. The van der Waals surface area contributed by atoms with E-state index in [0.717, 1.165) is 16.9 Å². The molecular formula is C14H14N4O. The molecule has 2 rings (SSSR count). The summed E-state index contributed by atoms with van der Waals surface area (Å²) in [4.78, 5) is 15.2. The van der Waals surface area contributed by atoms with E-state index >= 15 is 0 Å². The summed E-state index contributed by atoms with van der Waals surface area (Å²) in [5, 5.41) is 11.3. The number of aryl methyl sites for hydroxylation is 1. The lowest BCUT2D eigenvalue weighted by atomic mass is 10.1. The molecule has 0 aliphatic heterocycles. The Kier molecular flexibility index (Phi) is 3.94. The number of carbonyl (C=O) groups is 1. The average molecular weight is 254 g/mol. The summed E-state index contributed by atoms with van der Waals surface area (Å²) >= 11 is 0. The molecule has 1 aromatic carbocycles. The first-order chi connectivity index (χ1) is 9.19. The summed E-state index contributed by atoms with van der Waals surface area (Å²) < 4.78 is 1.89. The number of carbonyl (C=O) groups excluding carboxylic acids is 1. The van der Waals surface area contributed by atoms with Crippen molar-refractivity contribution in [2.45, 2.75) is 19.9 Å². The van der Waals surface area contributed by atoms with E-state index < -0.39 is 0 Å². The molecule has 2 aromatic rings. The van der Waals surface area contributed by atoms with Gasteiger partial charge < -0.3 is 9.88 Å². The monoisotopic (exact) mass is 254 g/mol. The summed E-state index contributed by atoms with van der Waals surface area (Å²) in [6, 6.07) is 9.59. The van der Waals surface area contributed by atoms with Crippen LogP contribution in [-0.2, 0) is 11.3 Å². The lowest BCUT2D eigenvalue weighted by Gasteiger charge is -2.02. The van der Waals surface area contributed by atoms with Crippen LogP contribution in [-0.4, -0.2) is 15.5 Å². The first-order valence-electron chi connectivity index (χ1n) is 5.96. The number of nitriles is 1. The van der Waals surface area contributed by atoms with E-state index in [9.17, 15) is 4.79 Å². The van der Waals surface area contributed by atoms with Crippen molar-refractivity contribution in [3.63, 3.8) is 0 Å². The summed E-state index contributed by atoms with van der Waals surface area (Å²) in [5.74, 6) is -0.0893. The molecule has 0 radical (unpaired) electrons. The molecular weight excluding hydrogens is 240 g/mol. The largest absolute Gasteiger partial charge is 0.336 e. The van der Waals surface area contributed by atoms with Crippen molar-refractivity contribution in [1.82, 2.24) is 9.55 Å². The number of nitrogens with zero attached hydrogens (tertiary/aromatic N) is 3. The van der Waals surface area contributed by atoms with E-state index in [0.29, 0.717) is 13.0 Å². The number of hydrogen-bond donors (Lipinski definition) is 1.